The zero-order chi connectivity index (χ0) is 12.4. The summed E-state index contributed by atoms with van der Waals surface area (Å²) >= 11 is 0. The van der Waals surface area contributed by atoms with Gasteiger partial charge >= 0.3 is 0 Å². The van der Waals surface area contributed by atoms with Gasteiger partial charge in [-0.05, 0) is 31.9 Å². The molecule has 0 unspecified atom stereocenters. The summed E-state index contributed by atoms with van der Waals surface area (Å²) in [6.45, 7) is 4.50. The molecule has 0 N–H and O–H groups in total. The lowest BCUT2D eigenvalue weighted by Crippen LogP contribution is -2.50. The van der Waals surface area contributed by atoms with E-state index in [0.717, 1.165) is 5.69 Å². The molecule has 0 aliphatic carbocycles. The molecular weight excluding hydrogens is 224 g/mol. The zero-order valence-electron chi connectivity index (χ0n) is 10.9. The van der Waals surface area contributed by atoms with E-state index < -0.39 is 0 Å². The Hall–Kier alpha value is -1.42. The Labute approximate surface area is 108 Å². The first-order chi connectivity index (χ1) is 8.86. The molecule has 0 spiro atoms. The van der Waals surface area contributed by atoms with Crippen molar-refractivity contribution in [1.82, 2.24) is 4.90 Å². The quantitative estimate of drug-likeness (QED) is 0.800. The van der Waals surface area contributed by atoms with Gasteiger partial charge in [-0.1, -0.05) is 29.8 Å². The van der Waals surface area contributed by atoms with E-state index in [1.54, 1.807) is 0 Å². The molecule has 1 fully saturated rings. The molecule has 0 saturated carbocycles. The third-order valence-corrected chi connectivity index (χ3v) is 3.80. The van der Waals surface area contributed by atoms with Gasteiger partial charge in [0.25, 0.3) is 0 Å². The van der Waals surface area contributed by atoms with Gasteiger partial charge in [0.2, 0.25) is 0 Å². The molecule has 1 saturated heterocycles. The predicted octanol–water partition coefficient (Wildman–Crippen LogP) is 3.07. The molecule has 4 heteroatoms. The van der Waals surface area contributed by atoms with Gasteiger partial charge < -0.3 is 0 Å². The van der Waals surface area contributed by atoms with Crippen LogP contribution in [0.2, 0.25) is 0 Å². The van der Waals surface area contributed by atoms with Crippen LogP contribution in [0.25, 0.3) is 0 Å². The van der Waals surface area contributed by atoms with E-state index in [-0.39, 0.29) is 6.04 Å². The second-order valence-corrected chi connectivity index (χ2v) is 5.14. The largest absolute Gasteiger partial charge is 0.280 e. The summed E-state index contributed by atoms with van der Waals surface area (Å²) in [6, 6.07) is 10.6. The van der Waals surface area contributed by atoms with Crippen LogP contribution in [0.5, 0.6) is 0 Å². The van der Waals surface area contributed by atoms with Crippen LogP contribution in [0.1, 0.15) is 26.2 Å². The Bertz CT molecular complexity index is 411. The van der Waals surface area contributed by atoms with Crippen molar-refractivity contribution >= 4 is 5.69 Å². The molecule has 96 valence electrons. The molecule has 1 aromatic rings. The molecule has 2 heterocycles. The van der Waals surface area contributed by atoms with E-state index in [1.165, 1.54) is 32.4 Å². The third kappa shape index (κ3) is 2.12. The van der Waals surface area contributed by atoms with E-state index in [0.29, 0.717) is 6.17 Å². The summed E-state index contributed by atoms with van der Waals surface area (Å²) in [5, 5.41) is 10.8. The summed E-state index contributed by atoms with van der Waals surface area (Å²) in [5.74, 6) is 0. The van der Waals surface area contributed by atoms with Crippen molar-refractivity contribution < 1.29 is 0 Å². The van der Waals surface area contributed by atoms with Crippen LogP contribution < -0.4 is 5.01 Å². The van der Waals surface area contributed by atoms with Crippen molar-refractivity contribution in [2.24, 2.45) is 10.3 Å². The van der Waals surface area contributed by atoms with Crippen LogP contribution in [0.3, 0.4) is 0 Å². The highest BCUT2D eigenvalue weighted by Crippen LogP contribution is 2.29. The van der Waals surface area contributed by atoms with Crippen molar-refractivity contribution in [2.75, 3.05) is 18.1 Å². The lowest BCUT2D eigenvalue weighted by Gasteiger charge is -2.37. The van der Waals surface area contributed by atoms with Gasteiger partial charge in [0, 0.05) is 13.1 Å². The Balaban J connectivity index is 1.82. The van der Waals surface area contributed by atoms with Gasteiger partial charge in [-0.15, -0.1) is 0 Å². The van der Waals surface area contributed by atoms with Gasteiger partial charge in [0.05, 0.1) is 5.69 Å². The Morgan fingerprint density at radius 2 is 1.78 bits per heavy atom. The molecule has 2 aliphatic heterocycles. The molecule has 0 bridgehead atoms. The van der Waals surface area contributed by atoms with Gasteiger partial charge in [-0.2, -0.15) is 5.11 Å². The zero-order valence-corrected chi connectivity index (χ0v) is 10.9. The number of benzene rings is 1. The maximum Gasteiger partial charge on any atom is 0.130 e. The monoisotopic (exact) mass is 244 g/mol. The molecule has 0 radical (unpaired) electrons. The minimum Gasteiger partial charge on any atom is -0.280 e. The topological polar surface area (TPSA) is 31.2 Å². The fourth-order valence-corrected chi connectivity index (χ4v) is 2.88. The molecule has 18 heavy (non-hydrogen) atoms. The normalized spacial score (nSPS) is 28.8. The standard InChI is InChI=1S/C14H20N4/c1-12-14(17-10-6-3-7-11-17)18(16-15-12)13-8-4-2-5-9-13/h2,4-5,8-9,12,14H,3,6-7,10-11H2,1H3/t12-,14-/m0/s1. The second-order valence-electron chi connectivity index (χ2n) is 5.14. The molecule has 2 atom stereocenters. The smallest absolute Gasteiger partial charge is 0.130 e. The first kappa shape index (κ1) is 11.7. The van der Waals surface area contributed by atoms with Crippen LogP contribution in [0.4, 0.5) is 5.69 Å². The van der Waals surface area contributed by atoms with Crippen LogP contribution in [-0.4, -0.2) is 30.2 Å². The molecular formula is C14H20N4. The van der Waals surface area contributed by atoms with Crippen LogP contribution in [0, 0.1) is 0 Å². The molecule has 1 aromatic carbocycles. The summed E-state index contributed by atoms with van der Waals surface area (Å²) < 4.78 is 0. The van der Waals surface area contributed by atoms with Gasteiger partial charge in [-0.25, -0.2) is 5.01 Å². The average molecular weight is 244 g/mol. The van der Waals surface area contributed by atoms with E-state index >= 15 is 0 Å². The maximum atomic E-state index is 4.36. The Morgan fingerprint density at radius 3 is 2.50 bits per heavy atom. The maximum absolute atomic E-state index is 4.36. The van der Waals surface area contributed by atoms with E-state index in [2.05, 4.69) is 51.4 Å². The molecule has 0 aromatic heterocycles. The number of hydrogen-bond acceptors (Lipinski definition) is 4. The average Bonchev–Trinajstić information content (AvgIpc) is 2.83. The number of para-hydroxylation sites is 1. The highest BCUT2D eigenvalue weighted by Gasteiger charge is 2.35. The minimum atomic E-state index is 0.253. The number of likely N-dealkylation sites (tertiary alicyclic amines) is 1. The van der Waals surface area contributed by atoms with Crippen LogP contribution in [0.15, 0.2) is 40.7 Å². The van der Waals surface area contributed by atoms with Crippen molar-refractivity contribution in [3.8, 4) is 0 Å². The summed E-state index contributed by atoms with van der Waals surface area (Å²) in [6.07, 6.45) is 4.25. The number of piperidine rings is 1. The Kier molecular flexibility index (Phi) is 3.28. The lowest BCUT2D eigenvalue weighted by molar-refractivity contribution is 0.155. The number of nitrogens with zero attached hydrogens (tertiary/aromatic N) is 4. The summed E-state index contributed by atoms with van der Waals surface area (Å²) in [4.78, 5) is 2.53. The fraction of sp³-hybridized carbons (Fsp3) is 0.571. The SMILES string of the molecule is C[C@@H]1N=NN(c2ccccc2)[C@@H]1N1CCCCC1. The van der Waals surface area contributed by atoms with Crippen LogP contribution in [-0.2, 0) is 0 Å². The predicted molar refractivity (Wildman–Crippen MR) is 72.5 cm³/mol. The van der Waals surface area contributed by atoms with Gasteiger partial charge in [0.1, 0.15) is 12.2 Å². The second kappa shape index (κ2) is 5.06. The summed E-state index contributed by atoms with van der Waals surface area (Å²) in [5.41, 5.74) is 1.14. The molecule has 3 rings (SSSR count). The highest BCUT2D eigenvalue weighted by atomic mass is 15.7. The molecule has 4 nitrogen and oxygen atoms in total. The Morgan fingerprint density at radius 1 is 1.06 bits per heavy atom. The molecule has 2 aliphatic rings. The van der Waals surface area contributed by atoms with Crippen molar-refractivity contribution in [1.29, 1.82) is 0 Å². The van der Waals surface area contributed by atoms with E-state index in [1.807, 2.05) is 6.07 Å². The molecule has 0 amide bonds. The summed E-state index contributed by atoms with van der Waals surface area (Å²) in [7, 11) is 0. The number of anilines is 1. The van der Waals surface area contributed by atoms with Crippen molar-refractivity contribution in [3.63, 3.8) is 0 Å². The third-order valence-electron chi connectivity index (χ3n) is 3.80. The first-order valence-corrected chi connectivity index (χ1v) is 6.85. The fourth-order valence-electron chi connectivity index (χ4n) is 2.88. The van der Waals surface area contributed by atoms with Gasteiger partial charge in [0.15, 0.2) is 0 Å². The minimum absolute atomic E-state index is 0.253. The number of rotatable bonds is 2. The van der Waals surface area contributed by atoms with E-state index in [9.17, 15) is 0 Å². The lowest BCUT2D eigenvalue weighted by atomic mass is 10.1. The van der Waals surface area contributed by atoms with Crippen LogP contribution >= 0.6 is 0 Å². The van der Waals surface area contributed by atoms with Gasteiger partial charge in [-0.3, -0.25) is 4.90 Å². The number of hydrogen-bond donors (Lipinski definition) is 0. The van der Waals surface area contributed by atoms with Crippen molar-refractivity contribution in [2.45, 2.75) is 38.4 Å². The van der Waals surface area contributed by atoms with E-state index in [4.69, 9.17) is 0 Å². The van der Waals surface area contributed by atoms with Crippen molar-refractivity contribution in [3.05, 3.63) is 30.3 Å². The highest BCUT2D eigenvalue weighted by molar-refractivity contribution is 5.46. The first-order valence-electron chi connectivity index (χ1n) is 6.85.